The van der Waals surface area contributed by atoms with Gasteiger partial charge in [0.1, 0.15) is 5.82 Å². The van der Waals surface area contributed by atoms with Crippen LogP contribution in [0.5, 0.6) is 0 Å². The maximum Gasteiger partial charge on any atom is 0.142 e. The van der Waals surface area contributed by atoms with Crippen molar-refractivity contribution < 1.29 is 9.13 Å². The molecule has 0 spiro atoms. The number of hydrogen-bond acceptors (Lipinski definition) is 2. The van der Waals surface area contributed by atoms with Gasteiger partial charge in [0.25, 0.3) is 0 Å². The summed E-state index contributed by atoms with van der Waals surface area (Å²) in [6.45, 7) is 2.65. The van der Waals surface area contributed by atoms with Crippen molar-refractivity contribution in [3.8, 4) is 0 Å². The van der Waals surface area contributed by atoms with E-state index in [4.69, 9.17) is 10.5 Å². The SMILES string of the molecule is COCCC(C)C(N)c1cccc(Br)c1F. The van der Waals surface area contributed by atoms with E-state index < -0.39 is 0 Å². The minimum absolute atomic E-state index is 0.184. The monoisotopic (exact) mass is 289 g/mol. The average molecular weight is 290 g/mol. The molecule has 0 saturated carbocycles. The van der Waals surface area contributed by atoms with Gasteiger partial charge in [0, 0.05) is 25.3 Å². The zero-order valence-electron chi connectivity index (χ0n) is 9.54. The normalized spacial score (nSPS) is 14.8. The predicted octanol–water partition coefficient (Wildman–Crippen LogP) is 3.26. The van der Waals surface area contributed by atoms with Gasteiger partial charge >= 0.3 is 0 Å². The molecule has 4 heteroatoms. The Morgan fingerprint density at radius 2 is 2.19 bits per heavy atom. The van der Waals surface area contributed by atoms with E-state index >= 15 is 0 Å². The van der Waals surface area contributed by atoms with Crippen LogP contribution in [0.3, 0.4) is 0 Å². The molecule has 1 aromatic carbocycles. The molecule has 2 unspecified atom stereocenters. The van der Waals surface area contributed by atoms with Gasteiger partial charge in [-0.1, -0.05) is 19.1 Å². The fourth-order valence-electron chi connectivity index (χ4n) is 1.57. The third-order valence-electron chi connectivity index (χ3n) is 2.73. The van der Waals surface area contributed by atoms with E-state index in [9.17, 15) is 4.39 Å². The lowest BCUT2D eigenvalue weighted by Crippen LogP contribution is -2.21. The summed E-state index contributed by atoms with van der Waals surface area (Å²) >= 11 is 3.16. The summed E-state index contributed by atoms with van der Waals surface area (Å²) in [6, 6.07) is 4.90. The minimum Gasteiger partial charge on any atom is -0.385 e. The predicted molar refractivity (Wildman–Crippen MR) is 66.7 cm³/mol. The Kier molecular flexibility index (Phi) is 5.38. The molecule has 2 nitrogen and oxygen atoms in total. The van der Waals surface area contributed by atoms with Crippen LogP contribution in [0, 0.1) is 11.7 Å². The number of hydrogen-bond donors (Lipinski definition) is 1. The van der Waals surface area contributed by atoms with Crippen molar-refractivity contribution in [3.05, 3.63) is 34.1 Å². The van der Waals surface area contributed by atoms with Crippen LogP contribution in [0.15, 0.2) is 22.7 Å². The molecule has 16 heavy (non-hydrogen) atoms. The Morgan fingerprint density at radius 1 is 1.50 bits per heavy atom. The smallest absolute Gasteiger partial charge is 0.142 e. The van der Waals surface area contributed by atoms with E-state index in [0.717, 1.165) is 6.42 Å². The number of benzene rings is 1. The van der Waals surface area contributed by atoms with Crippen molar-refractivity contribution in [2.24, 2.45) is 11.7 Å². The Balaban J connectivity index is 2.79. The highest BCUT2D eigenvalue weighted by Crippen LogP contribution is 2.28. The van der Waals surface area contributed by atoms with E-state index in [-0.39, 0.29) is 17.8 Å². The molecular weight excluding hydrogens is 273 g/mol. The van der Waals surface area contributed by atoms with Crippen LogP contribution in [0.1, 0.15) is 24.9 Å². The summed E-state index contributed by atoms with van der Waals surface area (Å²) in [5.74, 6) is -0.0805. The van der Waals surface area contributed by atoms with Crippen LogP contribution in [0.25, 0.3) is 0 Å². The van der Waals surface area contributed by atoms with Crippen molar-refractivity contribution in [2.75, 3.05) is 13.7 Å². The number of rotatable bonds is 5. The zero-order chi connectivity index (χ0) is 12.1. The first kappa shape index (κ1) is 13.6. The standard InChI is InChI=1S/C12H17BrFNO/c1-8(6-7-16-2)12(15)9-4-3-5-10(13)11(9)14/h3-5,8,12H,6-7,15H2,1-2H3. The lowest BCUT2D eigenvalue weighted by molar-refractivity contribution is 0.174. The van der Waals surface area contributed by atoms with Crippen LogP contribution in [0.2, 0.25) is 0 Å². The molecule has 0 aliphatic heterocycles. The van der Waals surface area contributed by atoms with Crippen molar-refractivity contribution in [1.82, 2.24) is 0 Å². The van der Waals surface area contributed by atoms with Gasteiger partial charge in [-0.3, -0.25) is 0 Å². The molecule has 90 valence electrons. The molecule has 0 amide bonds. The average Bonchev–Trinajstić information content (AvgIpc) is 2.28. The molecule has 0 fully saturated rings. The summed E-state index contributed by atoms with van der Waals surface area (Å²) in [4.78, 5) is 0. The van der Waals surface area contributed by atoms with Crippen LogP contribution < -0.4 is 5.73 Å². The quantitative estimate of drug-likeness (QED) is 0.903. The first-order chi connectivity index (χ1) is 7.57. The summed E-state index contributed by atoms with van der Waals surface area (Å²) in [6.07, 6.45) is 0.823. The molecule has 0 bridgehead atoms. The highest BCUT2D eigenvalue weighted by Gasteiger charge is 2.19. The minimum atomic E-state index is -0.298. The number of nitrogens with two attached hydrogens (primary N) is 1. The van der Waals surface area contributed by atoms with E-state index in [1.807, 2.05) is 6.92 Å². The Bertz CT molecular complexity index is 346. The molecule has 2 atom stereocenters. The van der Waals surface area contributed by atoms with E-state index in [1.165, 1.54) is 0 Å². The van der Waals surface area contributed by atoms with Crippen LogP contribution in [-0.4, -0.2) is 13.7 Å². The largest absolute Gasteiger partial charge is 0.385 e. The maximum atomic E-state index is 13.8. The lowest BCUT2D eigenvalue weighted by Gasteiger charge is -2.20. The summed E-state index contributed by atoms with van der Waals surface area (Å²) in [5.41, 5.74) is 6.59. The fraction of sp³-hybridized carbons (Fsp3) is 0.500. The second kappa shape index (κ2) is 6.33. The summed E-state index contributed by atoms with van der Waals surface area (Å²) in [7, 11) is 1.65. The number of methoxy groups -OCH3 is 1. The van der Waals surface area contributed by atoms with Gasteiger partial charge in [-0.25, -0.2) is 4.39 Å². The Labute approximate surface area is 104 Å². The maximum absolute atomic E-state index is 13.8. The zero-order valence-corrected chi connectivity index (χ0v) is 11.1. The van der Waals surface area contributed by atoms with Crippen molar-refractivity contribution in [3.63, 3.8) is 0 Å². The van der Waals surface area contributed by atoms with Gasteiger partial charge in [-0.05, 0) is 34.3 Å². The van der Waals surface area contributed by atoms with Crippen LogP contribution in [0.4, 0.5) is 4.39 Å². The van der Waals surface area contributed by atoms with Gasteiger partial charge < -0.3 is 10.5 Å². The summed E-state index contributed by atoms with van der Waals surface area (Å²) in [5, 5.41) is 0. The second-order valence-corrected chi connectivity index (χ2v) is 4.78. The molecule has 0 aliphatic rings. The molecule has 1 aromatic rings. The van der Waals surface area contributed by atoms with Gasteiger partial charge in [0.15, 0.2) is 0 Å². The molecule has 0 aliphatic carbocycles. The molecule has 2 N–H and O–H groups in total. The van der Waals surface area contributed by atoms with Gasteiger partial charge in [0.05, 0.1) is 4.47 Å². The highest BCUT2D eigenvalue weighted by atomic mass is 79.9. The topological polar surface area (TPSA) is 35.2 Å². The van der Waals surface area contributed by atoms with Crippen LogP contribution >= 0.6 is 15.9 Å². The van der Waals surface area contributed by atoms with Crippen molar-refractivity contribution in [2.45, 2.75) is 19.4 Å². The summed E-state index contributed by atoms with van der Waals surface area (Å²) < 4.78 is 19.2. The van der Waals surface area contributed by atoms with Crippen molar-refractivity contribution >= 4 is 15.9 Å². The van der Waals surface area contributed by atoms with E-state index in [1.54, 1.807) is 25.3 Å². The fourth-order valence-corrected chi connectivity index (χ4v) is 1.95. The second-order valence-electron chi connectivity index (χ2n) is 3.93. The van der Waals surface area contributed by atoms with Crippen molar-refractivity contribution in [1.29, 1.82) is 0 Å². The number of halogens is 2. The third-order valence-corrected chi connectivity index (χ3v) is 3.34. The van der Waals surface area contributed by atoms with E-state index in [2.05, 4.69) is 15.9 Å². The molecule has 0 radical (unpaired) electrons. The third kappa shape index (κ3) is 3.27. The molecule has 0 aromatic heterocycles. The Hall–Kier alpha value is -0.450. The van der Waals surface area contributed by atoms with Gasteiger partial charge in [-0.15, -0.1) is 0 Å². The molecule has 0 saturated heterocycles. The molecular formula is C12H17BrFNO. The van der Waals surface area contributed by atoms with Crippen LogP contribution in [-0.2, 0) is 4.74 Å². The first-order valence-corrected chi connectivity index (χ1v) is 6.05. The lowest BCUT2D eigenvalue weighted by atomic mass is 9.93. The van der Waals surface area contributed by atoms with E-state index in [0.29, 0.717) is 16.6 Å². The molecule has 0 heterocycles. The van der Waals surface area contributed by atoms with Gasteiger partial charge in [-0.2, -0.15) is 0 Å². The first-order valence-electron chi connectivity index (χ1n) is 5.26. The Morgan fingerprint density at radius 3 is 2.81 bits per heavy atom. The molecule has 1 rings (SSSR count). The highest BCUT2D eigenvalue weighted by molar-refractivity contribution is 9.10. The number of ether oxygens (including phenoxy) is 1. The van der Waals surface area contributed by atoms with Gasteiger partial charge in [0.2, 0.25) is 0 Å².